The van der Waals surface area contributed by atoms with Crippen LogP contribution in [0.1, 0.15) is 83.8 Å². The number of hydrogen-bond donors (Lipinski definition) is 3. The fourth-order valence-corrected chi connectivity index (χ4v) is 5.96. The number of nitrogens with zero attached hydrogens (tertiary/aromatic N) is 4. The van der Waals surface area contributed by atoms with E-state index < -0.39 is 17.6 Å². The largest absolute Gasteiger partial charge is 0.381 e. The Morgan fingerprint density at radius 3 is 2.55 bits per heavy atom. The molecule has 10 nitrogen and oxygen atoms in total. The molecule has 4 N–H and O–H groups in total. The van der Waals surface area contributed by atoms with Gasteiger partial charge in [0.15, 0.2) is 29.9 Å². The second-order valence-corrected chi connectivity index (χ2v) is 11.5. The second-order valence-electron chi connectivity index (χ2n) is 11.5. The third-order valence-electron chi connectivity index (χ3n) is 8.61. The highest BCUT2D eigenvalue weighted by Crippen LogP contribution is 2.40. The zero-order valence-electron chi connectivity index (χ0n) is 23.8. The lowest BCUT2D eigenvalue weighted by molar-refractivity contribution is -0.726. The van der Waals surface area contributed by atoms with Crippen molar-refractivity contribution in [3.05, 3.63) is 71.6 Å². The molecular weight excluding hydrogens is 537 g/mol. The topological polar surface area (TPSA) is 126 Å². The van der Waals surface area contributed by atoms with Crippen LogP contribution < -0.4 is 25.8 Å². The normalized spacial score (nSPS) is 21.1. The number of amides is 2. The number of carbonyl (C=O) groups is 2. The highest BCUT2D eigenvalue weighted by molar-refractivity contribution is 5.96. The molecule has 4 heterocycles. The molecule has 0 bridgehead atoms. The van der Waals surface area contributed by atoms with Crippen LogP contribution in [0.5, 0.6) is 0 Å². The standard InChI is InChI=1S/C31H36FN7O3/c1-19-26(36-31(41)24-7-6-21(17-25(24)32)20-4-5-20)3-2-12-39(19)27-18-34-28(29(33)40)30(37-27)35-22-8-13-38(14-9-22)23-10-15-42-16-11-23/h6-9,13-14,17-20,23,26H,2-5,10-12,15-16H2,1H3,(H3,33,36,40,41)/p+1/t19-,26-/m1/s1. The van der Waals surface area contributed by atoms with E-state index in [0.717, 1.165) is 63.0 Å². The van der Waals surface area contributed by atoms with E-state index >= 15 is 0 Å². The number of piperidine rings is 1. The van der Waals surface area contributed by atoms with Crippen molar-refractivity contribution >= 4 is 29.1 Å². The fraction of sp³-hybridized carbons (Fsp3) is 0.452. The number of anilines is 3. The number of pyridine rings is 1. The molecule has 1 aromatic carbocycles. The Morgan fingerprint density at radius 2 is 1.86 bits per heavy atom. The van der Waals surface area contributed by atoms with E-state index in [4.69, 9.17) is 15.5 Å². The summed E-state index contributed by atoms with van der Waals surface area (Å²) in [6.45, 7) is 4.20. The molecule has 0 unspecified atom stereocenters. The summed E-state index contributed by atoms with van der Waals surface area (Å²) in [4.78, 5) is 36.4. The first-order chi connectivity index (χ1) is 20.4. The predicted octanol–water partition coefficient (Wildman–Crippen LogP) is 3.76. The highest BCUT2D eigenvalue weighted by Gasteiger charge is 2.32. The first-order valence-electron chi connectivity index (χ1n) is 14.8. The lowest BCUT2D eigenvalue weighted by atomic mass is 9.96. The summed E-state index contributed by atoms with van der Waals surface area (Å²) >= 11 is 0. The summed E-state index contributed by atoms with van der Waals surface area (Å²) in [6.07, 6.45) is 11.2. The molecule has 2 aromatic heterocycles. The van der Waals surface area contributed by atoms with E-state index in [1.807, 2.05) is 42.4 Å². The average Bonchev–Trinajstić information content (AvgIpc) is 3.85. The first kappa shape index (κ1) is 28.0. The van der Waals surface area contributed by atoms with Crippen LogP contribution in [0.15, 0.2) is 48.9 Å². The van der Waals surface area contributed by atoms with Gasteiger partial charge in [0, 0.05) is 43.6 Å². The Morgan fingerprint density at radius 1 is 1.10 bits per heavy atom. The monoisotopic (exact) mass is 574 g/mol. The second kappa shape index (κ2) is 12.0. The average molecular weight is 575 g/mol. The Balaban J connectivity index is 1.17. The molecule has 2 saturated heterocycles. The molecule has 42 heavy (non-hydrogen) atoms. The molecule has 0 spiro atoms. The van der Waals surface area contributed by atoms with Crippen LogP contribution in [0.3, 0.4) is 0 Å². The summed E-state index contributed by atoms with van der Waals surface area (Å²) < 4.78 is 22.4. The van der Waals surface area contributed by atoms with E-state index in [-0.39, 0.29) is 29.2 Å². The van der Waals surface area contributed by atoms with Gasteiger partial charge in [0.1, 0.15) is 11.6 Å². The minimum Gasteiger partial charge on any atom is -0.381 e. The van der Waals surface area contributed by atoms with Crippen LogP contribution in [0, 0.1) is 5.82 Å². The molecule has 1 saturated carbocycles. The highest BCUT2D eigenvalue weighted by atomic mass is 19.1. The quantitative estimate of drug-likeness (QED) is 0.350. The van der Waals surface area contributed by atoms with Gasteiger partial charge in [-0.3, -0.25) is 9.59 Å². The summed E-state index contributed by atoms with van der Waals surface area (Å²) in [5.74, 6) is -0.355. The number of rotatable bonds is 8. The minimum atomic E-state index is -0.684. The number of hydrogen-bond acceptors (Lipinski definition) is 7. The third kappa shape index (κ3) is 6.06. The molecule has 2 amide bonds. The first-order valence-corrected chi connectivity index (χ1v) is 14.8. The Bertz CT molecular complexity index is 1460. The summed E-state index contributed by atoms with van der Waals surface area (Å²) in [5, 5.41) is 6.25. The van der Waals surface area contributed by atoms with Gasteiger partial charge in [-0.05, 0) is 56.2 Å². The van der Waals surface area contributed by atoms with Crippen molar-refractivity contribution in [2.24, 2.45) is 5.73 Å². The number of ether oxygens (including phenoxy) is 1. The van der Waals surface area contributed by atoms with E-state index in [1.54, 1.807) is 6.07 Å². The molecule has 220 valence electrons. The molecule has 0 radical (unpaired) electrons. The van der Waals surface area contributed by atoms with Crippen molar-refractivity contribution in [2.75, 3.05) is 30.0 Å². The van der Waals surface area contributed by atoms with Crippen LogP contribution >= 0.6 is 0 Å². The van der Waals surface area contributed by atoms with Gasteiger partial charge in [0.25, 0.3) is 11.8 Å². The molecule has 2 aliphatic heterocycles. The molecule has 3 aliphatic rings. The Labute approximate surface area is 244 Å². The molecule has 6 rings (SSSR count). The lowest BCUT2D eigenvalue weighted by Gasteiger charge is -2.40. The number of primary amides is 1. The zero-order valence-corrected chi connectivity index (χ0v) is 23.8. The van der Waals surface area contributed by atoms with Gasteiger partial charge in [-0.15, -0.1) is 0 Å². The number of aromatic nitrogens is 3. The maximum atomic E-state index is 14.8. The van der Waals surface area contributed by atoms with E-state index in [1.165, 1.54) is 12.3 Å². The number of nitrogens with one attached hydrogen (secondary N) is 2. The lowest BCUT2D eigenvalue weighted by Crippen LogP contribution is -2.54. The van der Waals surface area contributed by atoms with Crippen LogP contribution in [0.4, 0.5) is 21.7 Å². The maximum Gasteiger partial charge on any atom is 0.271 e. The van der Waals surface area contributed by atoms with Crippen molar-refractivity contribution in [1.82, 2.24) is 15.3 Å². The SMILES string of the molecule is C[C@@H]1[C@H](NC(=O)c2ccc(C3CC3)cc2F)CCCN1c1cnc(C(N)=O)c(Nc2cc[n+](C3CCOCC3)cc2)n1. The maximum absolute atomic E-state index is 14.8. The van der Waals surface area contributed by atoms with Crippen LogP contribution in [0.2, 0.25) is 0 Å². The van der Waals surface area contributed by atoms with Gasteiger partial charge in [0.05, 0.1) is 30.7 Å². The van der Waals surface area contributed by atoms with Gasteiger partial charge < -0.3 is 26.0 Å². The van der Waals surface area contributed by atoms with Gasteiger partial charge in [0.2, 0.25) is 0 Å². The molecule has 3 aromatic rings. The van der Waals surface area contributed by atoms with Gasteiger partial charge in [-0.2, -0.15) is 0 Å². The van der Waals surface area contributed by atoms with Crippen LogP contribution in [-0.4, -0.2) is 53.6 Å². The van der Waals surface area contributed by atoms with Crippen LogP contribution in [0.25, 0.3) is 0 Å². The van der Waals surface area contributed by atoms with Crippen molar-refractivity contribution < 1.29 is 23.3 Å². The summed E-state index contributed by atoms with van der Waals surface area (Å²) in [5.41, 5.74) is 7.43. The number of nitrogens with two attached hydrogens (primary N) is 1. The molecule has 2 atom stereocenters. The van der Waals surface area contributed by atoms with E-state index in [2.05, 4.69) is 20.2 Å². The van der Waals surface area contributed by atoms with Crippen molar-refractivity contribution in [3.63, 3.8) is 0 Å². The predicted molar refractivity (Wildman–Crippen MR) is 155 cm³/mol. The van der Waals surface area contributed by atoms with Gasteiger partial charge in [-0.1, -0.05) is 6.07 Å². The minimum absolute atomic E-state index is 0.0412. The van der Waals surface area contributed by atoms with Gasteiger partial charge in [-0.25, -0.2) is 18.9 Å². The summed E-state index contributed by atoms with van der Waals surface area (Å²) in [7, 11) is 0. The molecular formula is C31H37FN7O3+. The summed E-state index contributed by atoms with van der Waals surface area (Å²) in [6, 6.07) is 8.82. The molecule has 1 aliphatic carbocycles. The van der Waals surface area contributed by atoms with E-state index in [0.29, 0.717) is 24.3 Å². The number of halogens is 1. The van der Waals surface area contributed by atoms with Gasteiger partial charge >= 0.3 is 0 Å². The van der Waals surface area contributed by atoms with Crippen LogP contribution in [-0.2, 0) is 4.74 Å². The van der Waals surface area contributed by atoms with Crippen molar-refractivity contribution in [3.8, 4) is 0 Å². The Kier molecular flexibility index (Phi) is 8.01. The zero-order chi connectivity index (χ0) is 29.2. The number of benzene rings is 1. The fourth-order valence-electron chi connectivity index (χ4n) is 5.96. The van der Waals surface area contributed by atoms with Crippen molar-refractivity contribution in [2.45, 2.75) is 69.5 Å². The molecule has 3 fully saturated rings. The van der Waals surface area contributed by atoms with Crippen molar-refractivity contribution in [1.29, 1.82) is 0 Å². The Hall–Kier alpha value is -4.12. The smallest absolute Gasteiger partial charge is 0.271 e. The third-order valence-corrected chi connectivity index (χ3v) is 8.61. The molecule has 11 heteroatoms. The van der Waals surface area contributed by atoms with E-state index in [9.17, 15) is 14.0 Å². The number of carbonyl (C=O) groups excluding carboxylic acids is 2.